The zero-order valence-corrected chi connectivity index (χ0v) is 12.9. The van der Waals surface area contributed by atoms with E-state index in [1.54, 1.807) is 0 Å². The summed E-state index contributed by atoms with van der Waals surface area (Å²) in [4.78, 5) is 0. The van der Waals surface area contributed by atoms with Gasteiger partial charge in [-0.2, -0.15) is 5.10 Å². The minimum absolute atomic E-state index is 0.467. The second kappa shape index (κ2) is 6.77. The highest BCUT2D eigenvalue weighted by Crippen LogP contribution is 2.26. The first-order chi connectivity index (χ1) is 9.63. The SMILES string of the molecule is CCc1cc(COc2ccc(CNC)cc2Cl)n(C)n1. The Labute approximate surface area is 124 Å². The molecule has 2 rings (SSSR count). The Bertz CT molecular complexity index is 580. The summed E-state index contributed by atoms with van der Waals surface area (Å²) < 4.78 is 7.63. The third kappa shape index (κ3) is 3.52. The van der Waals surface area contributed by atoms with Gasteiger partial charge in [-0.15, -0.1) is 0 Å². The number of nitrogens with zero attached hydrogens (tertiary/aromatic N) is 2. The zero-order valence-electron chi connectivity index (χ0n) is 12.1. The minimum atomic E-state index is 0.467. The number of hydrogen-bond donors (Lipinski definition) is 1. The topological polar surface area (TPSA) is 39.1 Å². The second-order valence-corrected chi connectivity index (χ2v) is 5.10. The lowest BCUT2D eigenvalue weighted by atomic mass is 10.2. The lowest BCUT2D eigenvalue weighted by Gasteiger charge is -2.09. The maximum Gasteiger partial charge on any atom is 0.138 e. The van der Waals surface area contributed by atoms with Crippen LogP contribution < -0.4 is 10.1 Å². The highest BCUT2D eigenvalue weighted by Gasteiger charge is 2.07. The van der Waals surface area contributed by atoms with Crippen LogP contribution in [0.3, 0.4) is 0 Å². The number of rotatable bonds is 6. The van der Waals surface area contributed by atoms with Crippen LogP contribution in [0.2, 0.25) is 5.02 Å². The molecule has 20 heavy (non-hydrogen) atoms. The maximum absolute atomic E-state index is 6.23. The van der Waals surface area contributed by atoms with E-state index in [0.717, 1.165) is 29.9 Å². The fraction of sp³-hybridized carbons (Fsp3) is 0.400. The van der Waals surface area contributed by atoms with Crippen molar-refractivity contribution in [1.82, 2.24) is 15.1 Å². The molecule has 1 aromatic carbocycles. The highest BCUT2D eigenvalue weighted by atomic mass is 35.5. The number of aromatic nitrogens is 2. The second-order valence-electron chi connectivity index (χ2n) is 4.69. The van der Waals surface area contributed by atoms with Gasteiger partial charge in [-0.3, -0.25) is 4.68 Å². The number of benzene rings is 1. The van der Waals surface area contributed by atoms with E-state index in [1.165, 1.54) is 0 Å². The van der Waals surface area contributed by atoms with E-state index in [4.69, 9.17) is 16.3 Å². The quantitative estimate of drug-likeness (QED) is 0.890. The van der Waals surface area contributed by atoms with Gasteiger partial charge in [0.1, 0.15) is 12.4 Å². The first kappa shape index (κ1) is 14.9. The zero-order chi connectivity index (χ0) is 14.5. The average molecular weight is 294 g/mol. The van der Waals surface area contributed by atoms with Crippen molar-refractivity contribution in [3.05, 3.63) is 46.2 Å². The van der Waals surface area contributed by atoms with E-state index in [0.29, 0.717) is 17.4 Å². The van der Waals surface area contributed by atoms with Gasteiger partial charge in [0.05, 0.1) is 16.4 Å². The van der Waals surface area contributed by atoms with E-state index in [-0.39, 0.29) is 0 Å². The van der Waals surface area contributed by atoms with Gasteiger partial charge in [-0.05, 0) is 37.2 Å². The van der Waals surface area contributed by atoms with Gasteiger partial charge < -0.3 is 10.1 Å². The molecule has 1 heterocycles. The number of aryl methyl sites for hydroxylation is 2. The summed E-state index contributed by atoms with van der Waals surface area (Å²) in [7, 11) is 3.83. The van der Waals surface area contributed by atoms with Crippen LogP contribution in [0, 0.1) is 0 Å². The normalized spacial score (nSPS) is 10.8. The molecule has 0 amide bonds. The summed E-state index contributed by atoms with van der Waals surface area (Å²) in [5.74, 6) is 0.700. The molecule has 5 heteroatoms. The predicted molar refractivity (Wildman–Crippen MR) is 81.1 cm³/mol. The Kier molecular flexibility index (Phi) is 5.04. The standard InChI is InChI=1S/C15H20ClN3O/c1-4-12-8-13(19(3)18-12)10-20-15-6-5-11(9-17-2)7-14(15)16/h5-8,17H,4,9-10H2,1-3H3. The number of ether oxygens (including phenoxy) is 1. The van der Waals surface area contributed by atoms with E-state index in [9.17, 15) is 0 Å². The largest absolute Gasteiger partial charge is 0.486 e. The summed E-state index contributed by atoms with van der Waals surface area (Å²) in [6.45, 7) is 3.35. The molecule has 0 atom stereocenters. The van der Waals surface area contributed by atoms with Crippen LogP contribution in [0.4, 0.5) is 0 Å². The van der Waals surface area contributed by atoms with Crippen LogP contribution >= 0.6 is 11.6 Å². The Morgan fingerprint density at radius 3 is 2.75 bits per heavy atom. The van der Waals surface area contributed by atoms with Crippen LogP contribution in [-0.4, -0.2) is 16.8 Å². The third-order valence-electron chi connectivity index (χ3n) is 3.14. The molecule has 0 aliphatic rings. The molecule has 0 saturated carbocycles. The van der Waals surface area contributed by atoms with Crippen molar-refractivity contribution in [1.29, 1.82) is 0 Å². The summed E-state index contributed by atoms with van der Waals surface area (Å²) in [6, 6.07) is 7.90. The van der Waals surface area contributed by atoms with Gasteiger partial charge in [0.15, 0.2) is 0 Å². The molecule has 2 aromatic rings. The number of nitrogens with one attached hydrogen (secondary N) is 1. The van der Waals surface area contributed by atoms with Gasteiger partial charge in [-0.25, -0.2) is 0 Å². The Morgan fingerprint density at radius 1 is 1.35 bits per heavy atom. The van der Waals surface area contributed by atoms with Gasteiger partial charge in [0.25, 0.3) is 0 Å². The van der Waals surface area contributed by atoms with Gasteiger partial charge in [0.2, 0.25) is 0 Å². The Morgan fingerprint density at radius 2 is 2.15 bits per heavy atom. The molecule has 0 radical (unpaired) electrons. The minimum Gasteiger partial charge on any atom is -0.486 e. The van der Waals surface area contributed by atoms with Crippen molar-refractivity contribution >= 4 is 11.6 Å². The van der Waals surface area contributed by atoms with Crippen LogP contribution in [0.1, 0.15) is 23.9 Å². The third-order valence-corrected chi connectivity index (χ3v) is 3.44. The fourth-order valence-corrected chi connectivity index (χ4v) is 2.26. The summed E-state index contributed by atoms with van der Waals surface area (Å²) >= 11 is 6.23. The van der Waals surface area contributed by atoms with Crippen molar-refractivity contribution < 1.29 is 4.74 Å². The molecule has 1 N–H and O–H groups in total. The van der Waals surface area contributed by atoms with Crippen LogP contribution in [0.15, 0.2) is 24.3 Å². The number of hydrogen-bond acceptors (Lipinski definition) is 3. The highest BCUT2D eigenvalue weighted by molar-refractivity contribution is 6.32. The Hall–Kier alpha value is -1.52. The molecule has 0 fully saturated rings. The maximum atomic E-state index is 6.23. The number of halogens is 1. The van der Waals surface area contributed by atoms with Crippen LogP contribution in [-0.2, 0) is 26.6 Å². The molecule has 0 unspecified atom stereocenters. The molecule has 4 nitrogen and oxygen atoms in total. The molecule has 0 saturated heterocycles. The van der Waals surface area contributed by atoms with Crippen molar-refractivity contribution in [2.45, 2.75) is 26.5 Å². The summed E-state index contributed by atoms with van der Waals surface area (Å²) in [5, 5.41) is 8.13. The molecular weight excluding hydrogens is 274 g/mol. The van der Waals surface area contributed by atoms with Crippen molar-refractivity contribution in [2.24, 2.45) is 7.05 Å². The lowest BCUT2D eigenvalue weighted by molar-refractivity contribution is 0.295. The van der Waals surface area contributed by atoms with E-state index in [2.05, 4.69) is 23.4 Å². The predicted octanol–water partition coefficient (Wildman–Crippen LogP) is 2.93. The summed E-state index contributed by atoms with van der Waals surface area (Å²) in [6.07, 6.45) is 0.924. The van der Waals surface area contributed by atoms with E-state index >= 15 is 0 Å². The summed E-state index contributed by atoms with van der Waals surface area (Å²) in [5.41, 5.74) is 3.25. The van der Waals surface area contributed by atoms with Crippen LogP contribution in [0.25, 0.3) is 0 Å². The molecule has 0 aliphatic carbocycles. The monoisotopic (exact) mass is 293 g/mol. The van der Waals surface area contributed by atoms with Gasteiger partial charge in [-0.1, -0.05) is 24.6 Å². The van der Waals surface area contributed by atoms with Crippen LogP contribution in [0.5, 0.6) is 5.75 Å². The van der Waals surface area contributed by atoms with E-state index in [1.807, 2.05) is 37.0 Å². The lowest BCUT2D eigenvalue weighted by Crippen LogP contribution is -2.06. The smallest absolute Gasteiger partial charge is 0.138 e. The van der Waals surface area contributed by atoms with Crippen molar-refractivity contribution in [3.8, 4) is 5.75 Å². The van der Waals surface area contributed by atoms with Gasteiger partial charge >= 0.3 is 0 Å². The van der Waals surface area contributed by atoms with Crippen molar-refractivity contribution in [3.63, 3.8) is 0 Å². The fourth-order valence-electron chi connectivity index (χ4n) is 2.01. The van der Waals surface area contributed by atoms with Crippen molar-refractivity contribution in [2.75, 3.05) is 7.05 Å². The molecule has 0 bridgehead atoms. The van der Waals surface area contributed by atoms with E-state index < -0.39 is 0 Å². The molecule has 108 valence electrons. The van der Waals surface area contributed by atoms with Gasteiger partial charge in [0, 0.05) is 13.6 Å². The average Bonchev–Trinajstić information content (AvgIpc) is 2.79. The molecule has 0 spiro atoms. The molecule has 1 aromatic heterocycles. The Balaban J connectivity index is 2.04. The first-order valence-electron chi connectivity index (χ1n) is 6.71. The molecular formula is C15H20ClN3O. The molecule has 0 aliphatic heterocycles. The first-order valence-corrected chi connectivity index (χ1v) is 7.09.